The van der Waals surface area contributed by atoms with Gasteiger partial charge in [0, 0.05) is 23.8 Å². The maximum absolute atomic E-state index is 4.24. The van der Waals surface area contributed by atoms with Crippen LogP contribution >= 0.6 is 11.3 Å². The molecule has 3 rings (SSSR count). The molecule has 0 bridgehead atoms. The first-order valence-corrected chi connectivity index (χ1v) is 6.44. The summed E-state index contributed by atoms with van der Waals surface area (Å²) < 4.78 is 0. The van der Waals surface area contributed by atoms with Gasteiger partial charge in [0.15, 0.2) is 0 Å². The van der Waals surface area contributed by atoms with E-state index in [1.807, 2.05) is 23.7 Å². The Hall–Kier alpha value is -1.19. The van der Waals surface area contributed by atoms with Gasteiger partial charge in [-0.2, -0.15) is 0 Å². The van der Waals surface area contributed by atoms with E-state index in [9.17, 15) is 0 Å². The van der Waals surface area contributed by atoms with Gasteiger partial charge in [0.25, 0.3) is 0 Å². The third-order valence-corrected chi connectivity index (χ3v) is 4.20. The molecule has 3 heterocycles. The summed E-state index contributed by atoms with van der Waals surface area (Å²) in [6, 6.07) is 4.68. The van der Waals surface area contributed by atoms with E-state index in [0.29, 0.717) is 6.04 Å². The Morgan fingerprint density at radius 1 is 1.44 bits per heavy atom. The summed E-state index contributed by atoms with van der Waals surface area (Å²) in [6.07, 6.45) is 4.99. The number of nitrogens with one attached hydrogen (secondary N) is 1. The Morgan fingerprint density at radius 2 is 2.38 bits per heavy atom. The number of aryl methyl sites for hydroxylation is 1. The van der Waals surface area contributed by atoms with Gasteiger partial charge in [-0.3, -0.25) is 4.98 Å². The van der Waals surface area contributed by atoms with Gasteiger partial charge >= 0.3 is 0 Å². The third-order valence-electron chi connectivity index (χ3n) is 3.18. The zero-order chi connectivity index (χ0) is 11.0. The van der Waals surface area contributed by atoms with E-state index in [4.69, 9.17) is 0 Å². The Labute approximate surface area is 99.4 Å². The summed E-state index contributed by atoms with van der Waals surface area (Å²) >= 11 is 1.85. The Morgan fingerprint density at radius 3 is 3.25 bits per heavy atom. The fraction of sp³-hybridized carbons (Fsp3) is 0.308. The molecule has 0 amide bonds. The average Bonchev–Trinajstić information content (AvgIpc) is 2.77. The summed E-state index contributed by atoms with van der Waals surface area (Å²) in [5, 5.41) is 5.78. The Bertz CT molecular complexity index is 504. The van der Waals surface area contributed by atoms with E-state index in [0.717, 1.165) is 13.0 Å². The number of nitrogens with zero attached hydrogens (tertiary/aromatic N) is 1. The number of hydrogen-bond acceptors (Lipinski definition) is 3. The van der Waals surface area contributed by atoms with Gasteiger partial charge in [0.05, 0.1) is 6.04 Å². The molecule has 1 unspecified atom stereocenters. The first kappa shape index (κ1) is 10.00. The smallest absolute Gasteiger partial charge is 0.0691 e. The quantitative estimate of drug-likeness (QED) is 0.814. The molecule has 2 nitrogen and oxygen atoms in total. The van der Waals surface area contributed by atoms with Crippen molar-refractivity contribution in [3.8, 4) is 0 Å². The van der Waals surface area contributed by atoms with E-state index >= 15 is 0 Å². The minimum absolute atomic E-state index is 0.345. The molecule has 0 fully saturated rings. The van der Waals surface area contributed by atoms with E-state index in [1.165, 1.54) is 21.6 Å². The zero-order valence-corrected chi connectivity index (χ0v) is 10.1. The lowest BCUT2D eigenvalue weighted by atomic mass is 9.96. The highest BCUT2D eigenvalue weighted by Crippen LogP contribution is 2.33. The molecular weight excluding hydrogens is 216 g/mol. The highest BCUT2D eigenvalue weighted by Gasteiger charge is 2.23. The lowest BCUT2D eigenvalue weighted by Gasteiger charge is -2.25. The van der Waals surface area contributed by atoms with Crippen LogP contribution in [0.1, 0.15) is 27.6 Å². The van der Waals surface area contributed by atoms with Gasteiger partial charge in [-0.15, -0.1) is 11.3 Å². The van der Waals surface area contributed by atoms with Crippen molar-refractivity contribution in [3.05, 3.63) is 51.5 Å². The van der Waals surface area contributed by atoms with Crippen molar-refractivity contribution in [1.82, 2.24) is 10.3 Å². The van der Waals surface area contributed by atoms with Crippen LogP contribution in [0.5, 0.6) is 0 Å². The fourth-order valence-corrected chi connectivity index (χ4v) is 3.33. The molecule has 0 saturated heterocycles. The summed E-state index contributed by atoms with van der Waals surface area (Å²) in [4.78, 5) is 5.70. The first-order chi connectivity index (χ1) is 7.86. The molecule has 0 saturated carbocycles. The Kier molecular flexibility index (Phi) is 2.50. The highest BCUT2D eigenvalue weighted by molar-refractivity contribution is 7.10. The first-order valence-electron chi connectivity index (χ1n) is 5.56. The lowest BCUT2D eigenvalue weighted by molar-refractivity contribution is 0.575. The predicted molar refractivity (Wildman–Crippen MR) is 66.8 cm³/mol. The van der Waals surface area contributed by atoms with Gasteiger partial charge < -0.3 is 5.32 Å². The van der Waals surface area contributed by atoms with Gasteiger partial charge in [0.1, 0.15) is 0 Å². The number of thiophene rings is 1. The maximum atomic E-state index is 4.24. The summed E-state index contributed by atoms with van der Waals surface area (Å²) in [5.74, 6) is 0. The van der Waals surface area contributed by atoms with Crippen molar-refractivity contribution in [2.75, 3.05) is 6.54 Å². The van der Waals surface area contributed by atoms with Crippen molar-refractivity contribution in [2.24, 2.45) is 0 Å². The van der Waals surface area contributed by atoms with Crippen molar-refractivity contribution >= 4 is 11.3 Å². The number of hydrogen-bond donors (Lipinski definition) is 1. The molecule has 0 aliphatic carbocycles. The van der Waals surface area contributed by atoms with Crippen molar-refractivity contribution in [1.29, 1.82) is 0 Å². The second kappa shape index (κ2) is 4.00. The van der Waals surface area contributed by atoms with Gasteiger partial charge in [-0.05, 0) is 47.5 Å². The standard InChI is InChI=1S/C13H14N2S/c1-9-2-5-14-8-11(9)12-13-10(3-6-15-12)4-7-16-13/h2,4-5,7-8,12,15H,3,6H2,1H3. The topological polar surface area (TPSA) is 24.9 Å². The summed E-state index contributed by atoms with van der Waals surface area (Å²) in [7, 11) is 0. The predicted octanol–water partition coefficient (Wildman–Crippen LogP) is 2.69. The molecule has 1 aliphatic rings. The zero-order valence-electron chi connectivity index (χ0n) is 9.23. The van der Waals surface area contributed by atoms with Crippen LogP contribution in [0, 0.1) is 6.92 Å². The molecule has 0 aromatic carbocycles. The molecule has 2 aromatic rings. The second-order valence-corrected chi connectivity index (χ2v) is 5.13. The Balaban J connectivity index is 2.08. The maximum Gasteiger partial charge on any atom is 0.0691 e. The van der Waals surface area contributed by atoms with Crippen LogP contribution in [0.2, 0.25) is 0 Å². The van der Waals surface area contributed by atoms with Crippen LogP contribution in [0.3, 0.4) is 0 Å². The monoisotopic (exact) mass is 230 g/mol. The van der Waals surface area contributed by atoms with Crippen LogP contribution in [0.4, 0.5) is 0 Å². The van der Waals surface area contributed by atoms with Crippen molar-refractivity contribution < 1.29 is 0 Å². The van der Waals surface area contributed by atoms with Crippen LogP contribution < -0.4 is 5.32 Å². The number of rotatable bonds is 1. The normalized spacial score (nSPS) is 19.4. The van der Waals surface area contributed by atoms with E-state index in [1.54, 1.807) is 0 Å². The fourth-order valence-electron chi connectivity index (χ4n) is 2.28. The van der Waals surface area contributed by atoms with E-state index < -0.39 is 0 Å². The third kappa shape index (κ3) is 1.56. The molecular formula is C13H14N2S. The van der Waals surface area contributed by atoms with Crippen molar-refractivity contribution in [2.45, 2.75) is 19.4 Å². The average molecular weight is 230 g/mol. The van der Waals surface area contributed by atoms with Crippen molar-refractivity contribution in [3.63, 3.8) is 0 Å². The number of pyridine rings is 1. The van der Waals surface area contributed by atoms with E-state index in [-0.39, 0.29) is 0 Å². The minimum Gasteiger partial charge on any atom is -0.305 e. The molecule has 16 heavy (non-hydrogen) atoms. The molecule has 82 valence electrons. The van der Waals surface area contributed by atoms with Crippen LogP contribution in [-0.4, -0.2) is 11.5 Å². The molecule has 1 aliphatic heterocycles. The summed E-state index contributed by atoms with van der Waals surface area (Å²) in [6.45, 7) is 3.21. The lowest BCUT2D eigenvalue weighted by Crippen LogP contribution is -2.29. The van der Waals surface area contributed by atoms with Gasteiger partial charge in [0.2, 0.25) is 0 Å². The molecule has 3 heteroatoms. The molecule has 2 aromatic heterocycles. The molecule has 0 radical (unpaired) electrons. The largest absolute Gasteiger partial charge is 0.305 e. The molecule has 1 N–H and O–H groups in total. The second-order valence-electron chi connectivity index (χ2n) is 4.18. The summed E-state index contributed by atoms with van der Waals surface area (Å²) in [5.41, 5.74) is 4.12. The van der Waals surface area contributed by atoms with Gasteiger partial charge in [-0.1, -0.05) is 0 Å². The van der Waals surface area contributed by atoms with E-state index in [2.05, 4.69) is 34.7 Å². The van der Waals surface area contributed by atoms with Crippen LogP contribution in [-0.2, 0) is 6.42 Å². The minimum atomic E-state index is 0.345. The number of fused-ring (bicyclic) bond motifs is 1. The van der Waals surface area contributed by atoms with Crippen LogP contribution in [0.25, 0.3) is 0 Å². The van der Waals surface area contributed by atoms with Gasteiger partial charge in [-0.25, -0.2) is 0 Å². The molecule has 1 atom stereocenters. The number of aromatic nitrogens is 1. The molecule has 0 spiro atoms. The highest BCUT2D eigenvalue weighted by atomic mass is 32.1. The van der Waals surface area contributed by atoms with Crippen LogP contribution in [0.15, 0.2) is 29.9 Å². The SMILES string of the molecule is Cc1ccncc1C1NCCc2ccsc21.